The Morgan fingerprint density at radius 1 is 1.58 bits per heavy atom. The summed E-state index contributed by atoms with van der Waals surface area (Å²) in [6, 6.07) is 2.24. The first kappa shape index (κ1) is 12.8. The van der Waals surface area contributed by atoms with Crippen molar-refractivity contribution in [2.75, 3.05) is 13.2 Å². The number of aromatic nitrogens is 2. The number of H-pyrrole nitrogens is 1. The summed E-state index contributed by atoms with van der Waals surface area (Å²) in [7, 11) is 0. The van der Waals surface area contributed by atoms with Crippen molar-refractivity contribution in [1.82, 2.24) is 14.9 Å². The van der Waals surface area contributed by atoms with Crippen LogP contribution in [0.2, 0.25) is 0 Å². The van der Waals surface area contributed by atoms with Crippen LogP contribution in [0.5, 0.6) is 0 Å². The maximum Gasteiger partial charge on any atom is 0.268 e. The van der Waals surface area contributed by atoms with Crippen LogP contribution in [0.25, 0.3) is 10.2 Å². The molecule has 2 aromatic rings. The minimum atomic E-state index is -0.0380. The van der Waals surface area contributed by atoms with Gasteiger partial charge in [0.15, 0.2) is 0 Å². The van der Waals surface area contributed by atoms with Gasteiger partial charge in [0.25, 0.3) is 5.56 Å². The molecule has 3 rings (SSSR count). The van der Waals surface area contributed by atoms with Crippen LogP contribution < -0.4 is 5.56 Å². The molecule has 6 heteroatoms. The lowest BCUT2D eigenvalue weighted by Crippen LogP contribution is -2.47. The van der Waals surface area contributed by atoms with E-state index >= 15 is 0 Å². The van der Waals surface area contributed by atoms with E-state index in [4.69, 9.17) is 4.74 Å². The molecule has 102 valence electrons. The molecule has 0 aliphatic carbocycles. The van der Waals surface area contributed by atoms with Crippen LogP contribution in [0.1, 0.15) is 19.7 Å². The molecule has 0 amide bonds. The second kappa shape index (κ2) is 5.03. The number of fused-ring (bicyclic) bond motifs is 1. The number of hydrogen-bond donors (Lipinski definition) is 1. The van der Waals surface area contributed by atoms with E-state index in [1.807, 2.05) is 11.4 Å². The van der Waals surface area contributed by atoms with Crippen LogP contribution in [0.4, 0.5) is 0 Å². The number of rotatable bonds is 2. The fourth-order valence-corrected chi connectivity index (χ4v) is 3.11. The maximum atomic E-state index is 11.9. The number of nitrogens with one attached hydrogen (secondary N) is 1. The summed E-state index contributed by atoms with van der Waals surface area (Å²) in [5.74, 6) is 0.733. The SMILES string of the molecule is C[C@H]1CN(Cc2nc3ccsc3c(=O)[nH]2)[C@@H](C)CO1. The summed E-state index contributed by atoms with van der Waals surface area (Å²) in [6.07, 6.45) is 0.229. The van der Waals surface area contributed by atoms with Gasteiger partial charge in [-0.3, -0.25) is 9.69 Å². The van der Waals surface area contributed by atoms with E-state index in [0.29, 0.717) is 17.3 Å². The molecule has 0 spiro atoms. The third kappa shape index (κ3) is 2.56. The minimum absolute atomic E-state index is 0.0380. The quantitative estimate of drug-likeness (QED) is 0.907. The first-order valence-corrected chi connectivity index (χ1v) is 7.33. The number of nitrogens with zero attached hydrogens (tertiary/aromatic N) is 2. The molecular formula is C13H17N3O2S. The van der Waals surface area contributed by atoms with Gasteiger partial charge in [-0.25, -0.2) is 4.98 Å². The molecule has 2 atom stereocenters. The topological polar surface area (TPSA) is 58.2 Å². The van der Waals surface area contributed by atoms with Gasteiger partial charge < -0.3 is 9.72 Å². The van der Waals surface area contributed by atoms with Gasteiger partial charge in [-0.15, -0.1) is 11.3 Å². The van der Waals surface area contributed by atoms with Crippen molar-refractivity contribution in [2.24, 2.45) is 0 Å². The Hall–Kier alpha value is -1.24. The van der Waals surface area contributed by atoms with E-state index in [1.54, 1.807) is 0 Å². The van der Waals surface area contributed by atoms with E-state index in [9.17, 15) is 4.79 Å². The van der Waals surface area contributed by atoms with Gasteiger partial charge in [0.05, 0.1) is 24.8 Å². The van der Waals surface area contributed by atoms with Crippen molar-refractivity contribution in [1.29, 1.82) is 0 Å². The Balaban J connectivity index is 1.86. The summed E-state index contributed by atoms with van der Waals surface area (Å²) in [5, 5.41) is 1.90. The molecule has 1 fully saturated rings. The molecule has 1 aliphatic rings. The van der Waals surface area contributed by atoms with Crippen molar-refractivity contribution in [3.8, 4) is 0 Å². The first-order valence-electron chi connectivity index (χ1n) is 6.45. The second-order valence-corrected chi connectivity index (χ2v) is 5.99. The van der Waals surface area contributed by atoms with Crippen molar-refractivity contribution in [3.63, 3.8) is 0 Å². The van der Waals surface area contributed by atoms with Crippen LogP contribution in [0, 0.1) is 0 Å². The zero-order valence-corrected chi connectivity index (χ0v) is 11.9. The van der Waals surface area contributed by atoms with E-state index in [2.05, 4.69) is 28.7 Å². The number of morpholine rings is 1. The molecule has 0 saturated carbocycles. The minimum Gasteiger partial charge on any atom is -0.376 e. The van der Waals surface area contributed by atoms with E-state index in [0.717, 1.165) is 24.5 Å². The number of thiophene rings is 1. The summed E-state index contributed by atoms with van der Waals surface area (Å²) in [6.45, 7) is 6.46. The average Bonchev–Trinajstić information content (AvgIpc) is 2.82. The van der Waals surface area contributed by atoms with Crippen LogP contribution in [0.15, 0.2) is 16.2 Å². The fraction of sp³-hybridized carbons (Fsp3) is 0.538. The highest BCUT2D eigenvalue weighted by Gasteiger charge is 2.24. The fourth-order valence-electron chi connectivity index (χ4n) is 2.38. The Morgan fingerprint density at radius 2 is 2.42 bits per heavy atom. The highest BCUT2D eigenvalue weighted by atomic mass is 32.1. The van der Waals surface area contributed by atoms with Gasteiger partial charge in [-0.05, 0) is 25.3 Å². The van der Waals surface area contributed by atoms with Crippen molar-refractivity contribution in [2.45, 2.75) is 32.5 Å². The summed E-state index contributed by atoms with van der Waals surface area (Å²) >= 11 is 1.43. The Labute approximate surface area is 115 Å². The van der Waals surface area contributed by atoms with Crippen molar-refractivity contribution < 1.29 is 4.74 Å². The zero-order valence-electron chi connectivity index (χ0n) is 11.0. The van der Waals surface area contributed by atoms with Crippen LogP contribution in [0.3, 0.4) is 0 Å². The molecule has 0 unspecified atom stereocenters. The third-order valence-corrected chi connectivity index (χ3v) is 4.36. The highest BCUT2D eigenvalue weighted by Crippen LogP contribution is 2.16. The highest BCUT2D eigenvalue weighted by molar-refractivity contribution is 7.17. The second-order valence-electron chi connectivity index (χ2n) is 5.07. The molecule has 3 heterocycles. The molecule has 1 saturated heterocycles. The largest absolute Gasteiger partial charge is 0.376 e. The molecule has 1 aliphatic heterocycles. The lowest BCUT2D eigenvalue weighted by atomic mass is 10.2. The Kier molecular flexibility index (Phi) is 3.38. The van der Waals surface area contributed by atoms with Gasteiger partial charge in [-0.2, -0.15) is 0 Å². The Bertz CT molecular complexity index is 636. The first-order chi connectivity index (χ1) is 9.13. The summed E-state index contributed by atoms with van der Waals surface area (Å²) in [4.78, 5) is 21.6. The monoisotopic (exact) mass is 279 g/mol. The number of aromatic amines is 1. The summed E-state index contributed by atoms with van der Waals surface area (Å²) < 4.78 is 6.31. The molecule has 19 heavy (non-hydrogen) atoms. The lowest BCUT2D eigenvalue weighted by Gasteiger charge is -2.36. The summed E-state index contributed by atoms with van der Waals surface area (Å²) in [5.41, 5.74) is 0.752. The van der Waals surface area contributed by atoms with Crippen LogP contribution in [-0.2, 0) is 11.3 Å². The Morgan fingerprint density at radius 3 is 3.26 bits per heavy atom. The van der Waals surface area contributed by atoms with Gasteiger partial charge in [0.2, 0.25) is 0 Å². The van der Waals surface area contributed by atoms with Crippen LogP contribution in [-0.4, -0.2) is 40.2 Å². The zero-order chi connectivity index (χ0) is 13.4. The molecule has 5 nitrogen and oxygen atoms in total. The van der Waals surface area contributed by atoms with Crippen molar-refractivity contribution in [3.05, 3.63) is 27.6 Å². The van der Waals surface area contributed by atoms with E-state index in [1.165, 1.54) is 11.3 Å². The predicted octanol–water partition coefficient (Wildman–Crippen LogP) is 1.59. The molecule has 0 radical (unpaired) electrons. The standard InChI is InChI=1S/C13H17N3O2S/c1-8-7-18-9(2)5-16(8)6-11-14-10-3-4-19-12(10)13(17)15-11/h3-4,8-9H,5-7H2,1-2H3,(H,14,15,17)/t8-,9-/m0/s1. The average molecular weight is 279 g/mol. The normalized spacial score (nSPS) is 24.9. The smallest absolute Gasteiger partial charge is 0.268 e. The van der Waals surface area contributed by atoms with Gasteiger partial charge in [0.1, 0.15) is 10.5 Å². The lowest BCUT2D eigenvalue weighted by molar-refractivity contribution is -0.0534. The van der Waals surface area contributed by atoms with Gasteiger partial charge >= 0.3 is 0 Å². The molecular weight excluding hydrogens is 262 g/mol. The van der Waals surface area contributed by atoms with Gasteiger partial charge in [-0.1, -0.05) is 0 Å². The predicted molar refractivity (Wildman–Crippen MR) is 75.5 cm³/mol. The van der Waals surface area contributed by atoms with Crippen molar-refractivity contribution >= 4 is 21.6 Å². The molecule has 0 aromatic carbocycles. The molecule has 1 N–H and O–H groups in total. The molecule has 2 aromatic heterocycles. The maximum absolute atomic E-state index is 11.9. The van der Waals surface area contributed by atoms with Gasteiger partial charge in [0, 0.05) is 12.6 Å². The number of ether oxygens (including phenoxy) is 1. The third-order valence-electron chi connectivity index (χ3n) is 3.45. The van der Waals surface area contributed by atoms with E-state index < -0.39 is 0 Å². The van der Waals surface area contributed by atoms with Crippen LogP contribution >= 0.6 is 11.3 Å². The number of hydrogen-bond acceptors (Lipinski definition) is 5. The van der Waals surface area contributed by atoms with E-state index in [-0.39, 0.29) is 11.7 Å². The molecule has 0 bridgehead atoms.